The minimum atomic E-state index is -0.922. The predicted octanol–water partition coefficient (Wildman–Crippen LogP) is 4.66. The molecular formula is C24H17F2N3O5. The van der Waals surface area contributed by atoms with E-state index in [0.717, 1.165) is 24.3 Å². The zero-order chi connectivity index (χ0) is 24.2. The number of nitrogens with one attached hydrogen (secondary N) is 2. The minimum Gasteiger partial charge on any atom is -0.450 e. The molecule has 2 N–H and O–H groups in total. The van der Waals surface area contributed by atoms with E-state index in [1.54, 1.807) is 6.92 Å². The van der Waals surface area contributed by atoms with E-state index in [1.807, 2.05) is 0 Å². The van der Waals surface area contributed by atoms with Crippen LogP contribution in [-0.4, -0.2) is 28.6 Å². The molecular weight excluding hydrogens is 448 g/mol. The lowest BCUT2D eigenvalue weighted by molar-refractivity contribution is 0.0734. The SMILES string of the molecule is CCOC(=O)Nc1cc(OC(=O)c2cccnc2)cc(F)c1-c1cc(=O)c2ccc(F)cc2[nH]1. The average Bonchev–Trinajstić information content (AvgIpc) is 2.79. The molecule has 1 amide bonds. The lowest BCUT2D eigenvalue weighted by Crippen LogP contribution is -2.16. The van der Waals surface area contributed by atoms with Crippen LogP contribution >= 0.6 is 0 Å². The number of amides is 1. The molecule has 172 valence electrons. The Labute approximate surface area is 191 Å². The van der Waals surface area contributed by atoms with Crippen LogP contribution in [0.1, 0.15) is 17.3 Å². The summed E-state index contributed by atoms with van der Waals surface area (Å²) in [6.45, 7) is 1.63. The van der Waals surface area contributed by atoms with E-state index in [-0.39, 0.29) is 45.8 Å². The van der Waals surface area contributed by atoms with Crippen molar-refractivity contribution in [3.05, 3.63) is 88.3 Å². The normalized spacial score (nSPS) is 10.7. The van der Waals surface area contributed by atoms with Crippen molar-refractivity contribution >= 4 is 28.7 Å². The maximum absolute atomic E-state index is 15.3. The Hall–Kier alpha value is -4.60. The standard InChI is InChI=1S/C24H17F2N3O5/c1-2-33-24(32)29-19-10-15(34-23(31)13-4-3-7-27-12-13)9-17(26)22(19)20-11-21(30)16-6-5-14(25)8-18(16)28-20/h3-12H,2H2,1H3,(H,28,30)(H,29,32). The molecule has 34 heavy (non-hydrogen) atoms. The number of anilines is 1. The molecule has 0 aliphatic heterocycles. The van der Waals surface area contributed by atoms with Crippen molar-refractivity contribution in [2.24, 2.45) is 0 Å². The molecule has 0 fully saturated rings. The maximum Gasteiger partial charge on any atom is 0.411 e. The second kappa shape index (κ2) is 9.49. The number of H-pyrrole nitrogens is 1. The summed E-state index contributed by atoms with van der Waals surface area (Å²) in [5, 5.41) is 2.58. The molecule has 0 spiro atoms. The monoisotopic (exact) mass is 465 g/mol. The fourth-order valence-electron chi connectivity index (χ4n) is 3.30. The molecule has 0 unspecified atom stereocenters. The van der Waals surface area contributed by atoms with Gasteiger partial charge in [-0.15, -0.1) is 0 Å². The van der Waals surface area contributed by atoms with Crippen LogP contribution in [0, 0.1) is 11.6 Å². The quantitative estimate of drug-likeness (QED) is 0.328. The molecule has 2 heterocycles. The molecule has 0 aliphatic rings. The van der Waals surface area contributed by atoms with Crippen molar-refractivity contribution in [1.29, 1.82) is 0 Å². The molecule has 0 saturated heterocycles. The van der Waals surface area contributed by atoms with E-state index in [9.17, 15) is 18.8 Å². The van der Waals surface area contributed by atoms with E-state index in [4.69, 9.17) is 9.47 Å². The molecule has 0 radical (unpaired) electrons. The van der Waals surface area contributed by atoms with Gasteiger partial charge in [-0.05, 0) is 37.3 Å². The second-order valence-electron chi connectivity index (χ2n) is 7.04. The number of carbonyl (C=O) groups excluding carboxylic acids is 2. The van der Waals surface area contributed by atoms with Crippen LogP contribution in [0.15, 0.2) is 65.7 Å². The van der Waals surface area contributed by atoms with Gasteiger partial charge in [-0.25, -0.2) is 18.4 Å². The topological polar surface area (TPSA) is 110 Å². The number of ether oxygens (including phenoxy) is 2. The van der Waals surface area contributed by atoms with Crippen molar-refractivity contribution in [3.8, 4) is 17.0 Å². The highest BCUT2D eigenvalue weighted by Gasteiger charge is 2.20. The molecule has 2 aromatic heterocycles. The summed E-state index contributed by atoms with van der Waals surface area (Å²) < 4.78 is 39.1. The molecule has 8 nitrogen and oxygen atoms in total. The van der Waals surface area contributed by atoms with Crippen molar-refractivity contribution in [2.45, 2.75) is 6.92 Å². The highest BCUT2D eigenvalue weighted by atomic mass is 19.1. The van der Waals surface area contributed by atoms with Gasteiger partial charge in [-0.2, -0.15) is 0 Å². The third-order valence-electron chi connectivity index (χ3n) is 4.74. The van der Waals surface area contributed by atoms with Gasteiger partial charge < -0.3 is 14.5 Å². The number of aromatic amines is 1. The lowest BCUT2D eigenvalue weighted by atomic mass is 10.1. The van der Waals surface area contributed by atoms with Crippen LogP contribution in [0.5, 0.6) is 5.75 Å². The Morgan fingerprint density at radius 1 is 1.12 bits per heavy atom. The Balaban J connectivity index is 1.81. The van der Waals surface area contributed by atoms with E-state index in [1.165, 1.54) is 36.7 Å². The first-order chi connectivity index (χ1) is 16.4. The van der Waals surface area contributed by atoms with Crippen LogP contribution in [0.2, 0.25) is 0 Å². The summed E-state index contributed by atoms with van der Waals surface area (Å²) in [4.78, 5) is 43.6. The van der Waals surface area contributed by atoms with E-state index in [2.05, 4.69) is 15.3 Å². The lowest BCUT2D eigenvalue weighted by Gasteiger charge is -2.15. The Kier molecular flexibility index (Phi) is 6.30. The van der Waals surface area contributed by atoms with Gasteiger partial charge >= 0.3 is 12.1 Å². The fourth-order valence-corrected chi connectivity index (χ4v) is 3.30. The zero-order valence-corrected chi connectivity index (χ0v) is 17.7. The number of benzene rings is 2. The van der Waals surface area contributed by atoms with Gasteiger partial charge in [0, 0.05) is 36.0 Å². The molecule has 2 aromatic carbocycles. The average molecular weight is 465 g/mol. The third-order valence-corrected chi connectivity index (χ3v) is 4.74. The van der Waals surface area contributed by atoms with Gasteiger partial charge in [0.25, 0.3) is 0 Å². The number of fused-ring (bicyclic) bond motifs is 1. The second-order valence-corrected chi connectivity index (χ2v) is 7.04. The van der Waals surface area contributed by atoms with E-state index < -0.39 is 29.1 Å². The molecule has 0 atom stereocenters. The number of nitrogens with zero attached hydrogens (tertiary/aromatic N) is 1. The summed E-state index contributed by atoms with van der Waals surface area (Å²) in [5.74, 6) is -2.52. The van der Waals surface area contributed by atoms with E-state index in [0.29, 0.717) is 0 Å². The number of halogens is 2. The van der Waals surface area contributed by atoms with Gasteiger partial charge in [0.1, 0.15) is 17.4 Å². The van der Waals surface area contributed by atoms with Crippen molar-refractivity contribution < 1.29 is 27.8 Å². The van der Waals surface area contributed by atoms with Crippen molar-refractivity contribution in [1.82, 2.24) is 9.97 Å². The molecule has 0 aliphatic carbocycles. The molecule has 0 bridgehead atoms. The number of esters is 1. The molecule has 10 heteroatoms. The van der Waals surface area contributed by atoms with Crippen LogP contribution < -0.4 is 15.5 Å². The highest BCUT2D eigenvalue weighted by Crippen LogP contribution is 2.34. The number of pyridine rings is 2. The first-order valence-electron chi connectivity index (χ1n) is 10.1. The third kappa shape index (κ3) is 4.75. The summed E-state index contributed by atoms with van der Waals surface area (Å²) in [5.41, 5.74) is -0.602. The summed E-state index contributed by atoms with van der Waals surface area (Å²) >= 11 is 0. The van der Waals surface area contributed by atoms with Crippen molar-refractivity contribution in [3.63, 3.8) is 0 Å². The van der Waals surface area contributed by atoms with E-state index >= 15 is 4.39 Å². The number of hydrogen-bond acceptors (Lipinski definition) is 6. The van der Waals surface area contributed by atoms with Crippen LogP contribution in [-0.2, 0) is 4.74 Å². The van der Waals surface area contributed by atoms with Crippen LogP contribution in [0.25, 0.3) is 22.2 Å². The number of hydrogen-bond donors (Lipinski definition) is 2. The maximum atomic E-state index is 15.3. The Morgan fingerprint density at radius 3 is 2.68 bits per heavy atom. The first kappa shape index (κ1) is 22.6. The van der Waals surface area contributed by atoms with Gasteiger partial charge in [-0.1, -0.05) is 0 Å². The minimum absolute atomic E-state index is 0.0301. The molecule has 4 aromatic rings. The molecule has 4 rings (SSSR count). The largest absolute Gasteiger partial charge is 0.450 e. The Morgan fingerprint density at radius 2 is 1.94 bits per heavy atom. The number of rotatable bonds is 5. The molecule has 0 saturated carbocycles. The van der Waals surface area contributed by atoms with Crippen molar-refractivity contribution in [2.75, 3.05) is 11.9 Å². The van der Waals surface area contributed by atoms with Crippen LogP contribution in [0.3, 0.4) is 0 Å². The summed E-state index contributed by atoms with van der Waals surface area (Å²) in [6, 6.07) is 9.80. The zero-order valence-electron chi connectivity index (χ0n) is 17.7. The number of aromatic nitrogens is 2. The Bertz CT molecular complexity index is 1450. The summed E-state index contributed by atoms with van der Waals surface area (Å²) in [6.07, 6.45) is 1.86. The van der Waals surface area contributed by atoms with Gasteiger partial charge in [0.2, 0.25) is 0 Å². The van der Waals surface area contributed by atoms with Gasteiger partial charge in [0.15, 0.2) is 5.43 Å². The highest BCUT2D eigenvalue weighted by molar-refractivity contribution is 5.94. The van der Waals surface area contributed by atoms with Crippen LogP contribution in [0.4, 0.5) is 19.3 Å². The predicted molar refractivity (Wildman–Crippen MR) is 120 cm³/mol. The first-order valence-corrected chi connectivity index (χ1v) is 10.1. The summed E-state index contributed by atoms with van der Waals surface area (Å²) in [7, 11) is 0. The number of carbonyl (C=O) groups is 2. The van der Waals surface area contributed by atoms with Gasteiger partial charge in [0.05, 0.1) is 34.6 Å². The fraction of sp³-hybridized carbons (Fsp3) is 0.0833. The smallest absolute Gasteiger partial charge is 0.411 e. The van der Waals surface area contributed by atoms with Gasteiger partial charge in [-0.3, -0.25) is 15.1 Å².